The zero-order valence-corrected chi connectivity index (χ0v) is 18.5. The van der Waals surface area contributed by atoms with Crippen molar-refractivity contribution in [1.82, 2.24) is 5.32 Å². The zero-order chi connectivity index (χ0) is 19.8. The van der Waals surface area contributed by atoms with Gasteiger partial charge in [-0.3, -0.25) is 0 Å². The number of hydrogen-bond acceptors (Lipinski definition) is 3. The molecular weight excluding hydrogens is 366 g/mol. The van der Waals surface area contributed by atoms with Gasteiger partial charge in [0.1, 0.15) is 0 Å². The first-order valence-corrected chi connectivity index (χ1v) is 10.1. The van der Waals surface area contributed by atoms with Gasteiger partial charge < -0.3 is 16.8 Å². The molecule has 5 N–H and O–H groups in total. The standard InChI is InChI=1S/C24H37N3.ClH/c1-23(2,3)14-15-27-22(16-20-10-6-4-7-11-20)18-24(26,19-25)17-21-12-8-5-9-13-21;/h4-13,22,27H,14-19,25-26H2,1-3H3;1H. The van der Waals surface area contributed by atoms with Gasteiger partial charge in [-0.2, -0.15) is 0 Å². The van der Waals surface area contributed by atoms with E-state index in [9.17, 15) is 0 Å². The molecule has 0 aliphatic carbocycles. The summed E-state index contributed by atoms with van der Waals surface area (Å²) in [5.74, 6) is 0. The molecule has 0 saturated heterocycles. The van der Waals surface area contributed by atoms with Crippen molar-refractivity contribution in [2.75, 3.05) is 13.1 Å². The van der Waals surface area contributed by atoms with Gasteiger partial charge in [-0.05, 0) is 48.8 Å². The summed E-state index contributed by atoms with van der Waals surface area (Å²) in [6.45, 7) is 8.32. The highest BCUT2D eigenvalue weighted by Gasteiger charge is 2.28. The molecule has 0 aliphatic rings. The van der Waals surface area contributed by atoms with Crippen LogP contribution in [0.5, 0.6) is 0 Å². The van der Waals surface area contributed by atoms with Crippen molar-refractivity contribution >= 4 is 12.4 Å². The molecule has 0 aromatic heterocycles. The van der Waals surface area contributed by atoms with Gasteiger partial charge in [0.05, 0.1) is 0 Å². The van der Waals surface area contributed by atoms with Crippen molar-refractivity contribution in [3.05, 3.63) is 71.8 Å². The highest BCUT2D eigenvalue weighted by Crippen LogP contribution is 2.20. The van der Waals surface area contributed by atoms with Gasteiger partial charge in [0, 0.05) is 18.1 Å². The lowest BCUT2D eigenvalue weighted by atomic mass is 9.83. The molecular formula is C24H38ClN3. The summed E-state index contributed by atoms with van der Waals surface area (Å²) < 4.78 is 0. The molecule has 156 valence electrons. The minimum absolute atomic E-state index is 0. The first-order valence-electron chi connectivity index (χ1n) is 10.1. The maximum Gasteiger partial charge on any atom is 0.0334 e. The number of halogens is 1. The third-order valence-electron chi connectivity index (χ3n) is 5.09. The number of benzene rings is 2. The Hall–Kier alpha value is -1.39. The predicted octanol–water partition coefficient (Wildman–Crippen LogP) is 4.33. The van der Waals surface area contributed by atoms with Crippen molar-refractivity contribution < 1.29 is 0 Å². The van der Waals surface area contributed by atoms with Crippen molar-refractivity contribution in [2.24, 2.45) is 16.9 Å². The Kier molecular flexibility index (Phi) is 10.2. The Bertz CT molecular complexity index is 655. The summed E-state index contributed by atoms with van der Waals surface area (Å²) in [6, 6.07) is 21.4. The van der Waals surface area contributed by atoms with Gasteiger partial charge >= 0.3 is 0 Å². The average molecular weight is 404 g/mol. The van der Waals surface area contributed by atoms with Gasteiger partial charge in [-0.1, -0.05) is 81.4 Å². The molecule has 0 fully saturated rings. The molecule has 2 aromatic rings. The molecule has 0 heterocycles. The van der Waals surface area contributed by atoms with E-state index in [1.807, 2.05) is 6.07 Å². The van der Waals surface area contributed by atoms with Crippen molar-refractivity contribution in [3.8, 4) is 0 Å². The predicted molar refractivity (Wildman–Crippen MR) is 124 cm³/mol. The zero-order valence-electron chi connectivity index (χ0n) is 17.7. The van der Waals surface area contributed by atoms with E-state index in [4.69, 9.17) is 11.5 Å². The summed E-state index contributed by atoms with van der Waals surface area (Å²) in [7, 11) is 0. The molecule has 0 aliphatic heterocycles. The van der Waals surface area contributed by atoms with E-state index in [0.29, 0.717) is 18.0 Å². The fourth-order valence-electron chi connectivity index (χ4n) is 3.49. The second-order valence-electron chi connectivity index (χ2n) is 9.08. The maximum atomic E-state index is 6.78. The molecule has 0 saturated carbocycles. The monoisotopic (exact) mass is 403 g/mol. The van der Waals surface area contributed by atoms with Crippen LogP contribution in [0, 0.1) is 5.41 Å². The van der Waals surface area contributed by atoms with Crippen LogP contribution in [0.25, 0.3) is 0 Å². The third-order valence-corrected chi connectivity index (χ3v) is 5.09. The molecule has 0 bridgehead atoms. The molecule has 2 aromatic carbocycles. The smallest absolute Gasteiger partial charge is 0.0334 e. The summed E-state index contributed by atoms with van der Waals surface area (Å²) in [6.07, 6.45) is 3.77. The van der Waals surface area contributed by atoms with E-state index < -0.39 is 5.54 Å². The second-order valence-corrected chi connectivity index (χ2v) is 9.08. The van der Waals surface area contributed by atoms with Crippen LogP contribution in [-0.2, 0) is 12.8 Å². The van der Waals surface area contributed by atoms with Crippen molar-refractivity contribution in [2.45, 2.75) is 58.0 Å². The van der Waals surface area contributed by atoms with Crippen molar-refractivity contribution in [1.29, 1.82) is 0 Å². The number of rotatable bonds is 10. The van der Waals surface area contributed by atoms with Gasteiger partial charge in [0.25, 0.3) is 0 Å². The SMILES string of the molecule is CC(C)(C)CCNC(Cc1ccccc1)CC(N)(CN)Cc1ccccc1.Cl. The fourth-order valence-corrected chi connectivity index (χ4v) is 3.49. The van der Waals surface area contributed by atoms with Crippen LogP contribution < -0.4 is 16.8 Å². The number of nitrogens with one attached hydrogen (secondary N) is 1. The van der Waals surface area contributed by atoms with E-state index in [1.54, 1.807) is 0 Å². The lowest BCUT2D eigenvalue weighted by Crippen LogP contribution is -2.53. The van der Waals surface area contributed by atoms with Gasteiger partial charge in [0.15, 0.2) is 0 Å². The maximum absolute atomic E-state index is 6.78. The first-order chi connectivity index (χ1) is 12.8. The minimum atomic E-state index is -0.407. The molecule has 3 nitrogen and oxygen atoms in total. The van der Waals surface area contributed by atoms with E-state index in [0.717, 1.165) is 32.2 Å². The normalized spacial score (nSPS) is 14.8. The molecule has 2 atom stereocenters. The molecule has 2 unspecified atom stereocenters. The Balaban J connectivity index is 0.00000392. The quantitative estimate of drug-likeness (QED) is 0.553. The second kappa shape index (κ2) is 11.6. The van der Waals surface area contributed by atoms with Crippen LogP contribution in [0.4, 0.5) is 0 Å². The van der Waals surface area contributed by atoms with E-state index >= 15 is 0 Å². The van der Waals surface area contributed by atoms with E-state index in [2.05, 4.69) is 80.7 Å². The third kappa shape index (κ3) is 9.20. The van der Waals surface area contributed by atoms with E-state index in [1.165, 1.54) is 11.1 Å². The first kappa shape index (κ1) is 24.6. The van der Waals surface area contributed by atoms with Gasteiger partial charge in [0.2, 0.25) is 0 Å². The Labute approximate surface area is 177 Å². The lowest BCUT2D eigenvalue weighted by molar-refractivity contribution is 0.306. The Morgan fingerprint density at radius 3 is 1.93 bits per heavy atom. The van der Waals surface area contributed by atoms with Crippen LogP contribution in [0.1, 0.15) is 44.7 Å². The van der Waals surface area contributed by atoms with Crippen LogP contribution in [0.15, 0.2) is 60.7 Å². The minimum Gasteiger partial charge on any atom is -0.329 e. The molecule has 0 spiro atoms. The van der Waals surface area contributed by atoms with Crippen LogP contribution in [-0.4, -0.2) is 24.7 Å². The lowest BCUT2D eigenvalue weighted by Gasteiger charge is -2.33. The van der Waals surface area contributed by atoms with E-state index in [-0.39, 0.29) is 12.4 Å². The topological polar surface area (TPSA) is 64.1 Å². The summed E-state index contributed by atoms with van der Waals surface area (Å²) in [5.41, 5.74) is 15.4. The van der Waals surface area contributed by atoms with Crippen molar-refractivity contribution in [3.63, 3.8) is 0 Å². The largest absolute Gasteiger partial charge is 0.329 e. The molecule has 4 heteroatoms. The average Bonchev–Trinajstić information content (AvgIpc) is 2.62. The highest BCUT2D eigenvalue weighted by atomic mass is 35.5. The Morgan fingerprint density at radius 2 is 1.43 bits per heavy atom. The molecule has 28 heavy (non-hydrogen) atoms. The number of hydrogen-bond donors (Lipinski definition) is 3. The number of nitrogens with two attached hydrogens (primary N) is 2. The molecule has 0 radical (unpaired) electrons. The summed E-state index contributed by atoms with van der Waals surface area (Å²) in [4.78, 5) is 0. The molecule has 2 rings (SSSR count). The van der Waals surface area contributed by atoms with Crippen LogP contribution in [0.2, 0.25) is 0 Å². The molecule has 0 amide bonds. The van der Waals surface area contributed by atoms with Crippen LogP contribution >= 0.6 is 12.4 Å². The van der Waals surface area contributed by atoms with Crippen LogP contribution in [0.3, 0.4) is 0 Å². The fraction of sp³-hybridized carbons (Fsp3) is 0.500. The highest BCUT2D eigenvalue weighted by molar-refractivity contribution is 5.85. The summed E-state index contributed by atoms with van der Waals surface area (Å²) >= 11 is 0. The summed E-state index contributed by atoms with van der Waals surface area (Å²) in [5, 5.41) is 3.77. The van der Waals surface area contributed by atoms with Gasteiger partial charge in [-0.25, -0.2) is 0 Å². The Morgan fingerprint density at radius 1 is 0.893 bits per heavy atom. The van der Waals surface area contributed by atoms with Gasteiger partial charge in [-0.15, -0.1) is 12.4 Å².